The van der Waals surface area contributed by atoms with Crippen LogP contribution in [0.5, 0.6) is 0 Å². The average molecular weight is 390 g/mol. The Kier molecular flexibility index (Phi) is 5.60. The van der Waals surface area contributed by atoms with Crippen LogP contribution in [0, 0.1) is 0 Å². The van der Waals surface area contributed by atoms with Gasteiger partial charge in [0.2, 0.25) is 5.82 Å². The lowest BCUT2D eigenvalue weighted by Crippen LogP contribution is -2.36. The number of para-hydroxylation sites is 1. The molecule has 6 nitrogen and oxygen atoms in total. The van der Waals surface area contributed by atoms with Crippen molar-refractivity contribution in [2.24, 2.45) is 0 Å². The Bertz CT molecular complexity index is 1040. The van der Waals surface area contributed by atoms with Crippen LogP contribution in [0.15, 0.2) is 48.7 Å². The molecule has 150 valence electrons. The predicted octanol–water partition coefficient (Wildman–Crippen LogP) is 3.85. The maximum Gasteiger partial charge on any atom is 0.294 e. The van der Waals surface area contributed by atoms with Gasteiger partial charge in [-0.1, -0.05) is 44.0 Å². The molecule has 0 unspecified atom stereocenters. The summed E-state index contributed by atoms with van der Waals surface area (Å²) in [6, 6.07) is 13.5. The summed E-state index contributed by atoms with van der Waals surface area (Å²) in [7, 11) is 0. The molecule has 2 aromatic heterocycles. The molecule has 1 aromatic carbocycles. The second kappa shape index (κ2) is 8.47. The highest BCUT2D eigenvalue weighted by Gasteiger charge is 2.28. The van der Waals surface area contributed by atoms with E-state index < -0.39 is 0 Å². The van der Waals surface area contributed by atoms with Gasteiger partial charge in [-0.15, -0.1) is 0 Å². The fraction of sp³-hybridized carbons (Fsp3) is 0.348. The maximum atomic E-state index is 13.4. The second-order valence-corrected chi connectivity index (χ2v) is 7.39. The number of amides is 2. The number of unbranched alkanes of at least 4 members (excludes halogenated alkanes) is 2. The third kappa shape index (κ3) is 3.75. The van der Waals surface area contributed by atoms with E-state index in [9.17, 15) is 9.59 Å². The van der Waals surface area contributed by atoms with Gasteiger partial charge >= 0.3 is 0 Å². The van der Waals surface area contributed by atoms with E-state index >= 15 is 0 Å². The first-order valence-electron chi connectivity index (χ1n) is 10.4. The quantitative estimate of drug-likeness (QED) is 0.650. The van der Waals surface area contributed by atoms with Crippen molar-refractivity contribution >= 4 is 23.0 Å². The number of nitrogens with one attached hydrogen (secondary N) is 1. The fourth-order valence-electron chi connectivity index (χ4n) is 3.88. The molecule has 1 aliphatic heterocycles. The molecular weight excluding hydrogens is 364 g/mol. The summed E-state index contributed by atoms with van der Waals surface area (Å²) in [4.78, 5) is 32.4. The van der Waals surface area contributed by atoms with E-state index in [-0.39, 0.29) is 17.6 Å². The van der Waals surface area contributed by atoms with Crippen LogP contribution in [0.1, 0.15) is 59.3 Å². The number of aryl methyl sites for hydroxylation is 1. The molecule has 29 heavy (non-hydrogen) atoms. The zero-order chi connectivity index (χ0) is 20.2. The molecule has 1 N–H and O–H groups in total. The van der Waals surface area contributed by atoms with Crippen molar-refractivity contribution in [2.45, 2.75) is 39.0 Å². The number of fused-ring (bicyclic) bond motifs is 2. The Morgan fingerprint density at radius 1 is 1.10 bits per heavy atom. The molecule has 4 rings (SSSR count). The minimum absolute atomic E-state index is 0.177. The normalized spacial score (nSPS) is 13.3. The fourth-order valence-corrected chi connectivity index (χ4v) is 3.88. The molecule has 0 spiro atoms. The first kappa shape index (κ1) is 19.2. The monoisotopic (exact) mass is 390 g/mol. The molecule has 2 amide bonds. The van der Waals surface area contributed by atoms with Gasteiger partial charge in [0.1, 0.15) is 0 Å². The topological polar surface area (TPSA) is 66.7 Å². The summed E-state index contributed by atoms with van der Waals surface area (Å²) < 4.78 is 1.72. The summed E-state index contributed by atoms with van der Waals surface area (Å²) in [6.07, 6.45) is 6.77. The number of anilines is 1. The number of aromatic nitrogens is 2. The van der Waals surface area contributed by atoms with Crippen LogP contribution in [0.2, 0.25) is 0 Å². The Morgan fingerprint density at radius 2 is 1.93 bits per heavy atom. The predicted molar refractivity (Wildman–Crippen MR) is 113 cm³/mol. The molecule has 0 bridgehead atoms. The van der Waals surface area contributed by atoms with Crippen molar-refractivity contribution < 1.29 is 9.59 Å². The smallest absolute Gasteiger partial charge is 0.294 e. The van der Waals surface area contributed by atoms with Gasteiger partial charge in [-0.2, -0.15) is 0 Å². The first-order chi connectivity index (χ1) is 14.2. The third-order valence-electron chi connectivity index (χ3n) is 5.38. The molecule has 0 aliphatic carbocycles. The molecule has 0 fully saturated rings. The van der Waals surface area contributed by atoms with Crippen molar-refractivity contribution in [1.29, 1.82) is 0 Å². The lowest BCUT2D eigenvalue weighted by molar-refractivity contribution is 0.0950. The van der Waals surface area contributed by atoms with E-state index in [0.29, 0.717) is 24.3 Å². The van der Waals surface area contributed by atoms with Gasteiger partial charge in [0, 0.05) is 25.0 Å². The van der Waals surface area contributed by atoms with Gasteiger partial charge < -0.3 is 10.2 Å². The number of pyridine rings is 1. The zero-order valence-corrected chi connectivity index (χ0v) is 16.7. The number of rotatable bonds is 6. The molecule has 0 radical (unpaired) electrons. The summed E-state index contributed by atoms with van der Waals surface area (Å²) in [5, 5.41) is 2.93. The van der Waals surface area contributed by atoms with Crippen molar-refractivity contribution in [2.75, 3.05) is 18.0 Å². The molecule has 0 saturated carbocycles. The van der Waals surface area contributed by atoms with E-state index in [1.807, 2.05) is 36.4 Å². The van der Waals surface area contributed by atoms with E-state index in [0.717, 1.165) is 37.8 Å². The van der Waals surface area contributed by atoms with Crippen molar-refractivity contribution in [1.82, 2.24) is 14.7 Å². The van der Waals surface area contributed by atoms with Crippen LogP contribution in [0.3, 0.4) is 0 Å². The van der Waals surface area contributed by atoms with Crippen LogP contribution in [0.25, 0.3) is 5.52 Å². The average Bonchev–Trinajstić information content (AvgIpc) is 3.15. The minimum atomic E-state index is -0.233. The molecule has 0 saturated heterocycles. The van der Waals surface area contributed by atoms with Gasteiger partial charge in [0.25, 0.3) is 11.8 Å². The van der Waals surface area contributed by atoms with Crippen molar-refractivity contribution in [3.63, 3.8) is 0 Å². The maximum absolute atomic E-state index is 13.4. The highest BCUT2D eigenvalue weighted by molar-refractivity contribution is 6.07. The SMILES string of the molecule is CCCCCNC(=O)c1nc(C(=O)N2CCCc3ccccc32)n2ccccc12. The lowest BCUT2D eigenvalue weighted by atomic mass is 10.0. The van der Waals surface area contributed by atoms with Gasteiger partial charge in [-0.3, -0.25) is 14.0 Å². The van der Waals surface area contributed by atoms with Gasteiger partial charge in [-0.05, 0) is 43.0 Å². The number of benzene rings is 1. The van der Waals surface area contributed by atoms with Gasteiger partial charge in [0.05, 0.1) is 5.52 Å². The molecule has 0 atom stereocenters. The van der Waals surface area contributed by atoms with Crippen molar-refractivity contribution in [3.05, 3.63) is 65.7 Å². The molecule has 3 heterocycles. The standard InChI is InChI=1S/C23H26N4O2/c1-2-3-7-14-24-22(28)20-19-13-6-8-15-26(19)21(25-20)23(29)27-16-9-11-17-10-4-5-12-18(17)27/h4-6,8,10,12-13,15H,2-3,7,9,11,14,16H2,1H3,(H,24,28). The highest BCUT2D eigenvalue weighted by Crippen LogP contribution is 2.28. The van der Waals surface area contributed by atoms with E-state index in [2.05, 4.69) is 23.3 Å². The van der Waals surface area contributed by atoms with Crippen molar-refractivity contribution in [3.8, 4) is 0 Å². The second-order valence-electron chi connectivity index (χ2n) is 7.39. The summed E-state index contributed by atoms with van der Waals surface area (Å²) >= 11 is 0. The molecule has 1 aliphatic rings. The van der Waals surface area contributed by atoms with Gasteiger partial charge in [0.15, 0.2) is 5.69 Å². The van der Waals surface area contributed by atoms with Crippen LogP contribution in [-0.4, -0.2) is 34.3 Å². The Morgan fingerprint density at radius 3 is 2.79 bits per heavy atom. The number of hydrogen-bond donors (Lipinski definition) is 1. The third-order valence-corrected chi connectivity index (χ3v) is 5.38. The molecular formula is C23H26N4O2. The Labute approximate surface area is 170 Å². The van der Waals surface area contributed by atoms with Crippen LogP contribution < -0.4 is 10.2 Å². The number of hydrogen-bond acceptors (Lipinski definition) is 3. The van der Waals surface area contributed by atoms with E-state index in [1.165, 1.54) is 5.56 Å². The summed E-state index contributed by atoms with van der Waals surface area (Å²) in [5.41, 5.74) is 3.05. The van der Waals surface area contributed by atoms with Crippen LogP contribution >= 0.6 is 0 Å². The number of nitrogens with zero attached hydrogens (tertiary/aromatic N) is 3. The summed E-state index contributed by atoms with van der Waals surface area (Å²) in [6.45, 7) is 3.39. The molecule has 3 aromatic rings. The van der Waals surface area contributed by atoms with E-state index in [1.54, 1.807) is 15.5 Å². The van der Waals surface area contributed by atoms with E-state index in [4.69, 9.17) is 0 Å². The Hall–Kier alpha value is -3.15. The number of imidazole rings is 1. The molecule has 6 heteroatoms. The number of carbonyl (C=O) groups excluding carboxylic acids is 2. The van der Waals surface area contributed by atoms with Gasteiger partial charge in [-0.25, -0.2) is 4.98 Å². The lowest BCUT2D eigenvalue weighted by Gasteiger charge is -2.28. The number of carbonyl (C=O) groups is 2. The first-order valence-corrected chi connectivity index (χ1v) is 10.4. The highest BCUT2D eigenvalue weighted by atomic mass is 16.2. The van der Waals surface area contributed by atoms with Crippen LogP contribution in [0.4, 0.5) is 5.69 Å². The largest absolute Gasteiger partial charge is 0.351 e. The minimum Gasteiger partial charge on any atom is -0.351 e. The summed E-state index contributed by atoms with van der Waals surface area (Å²) in [5.74, 6) is -0.137. The zero-order valence-electron chi connectivity index (χ0n) is 16.7. The Balaban J connectivity index is 1.66. The van der Waals surface area contributed by atoms with Crippen LogP contribution in [-0.2, 0) is 6.42 Å².